The highest BCUT2D eigenvalue weighted by Crippen LogP contribution is 2.21. The third-order valence-corrected chi connectivity index (χ3v) is 4.71. The summed E-state index contributed by atoms with van der Waals surface area (Å²) in [4.78, 5) is 23.8. The van der Waals surface area contributed by atoms with Crippen LogP contribution in [0.5, 0.6) is 0 Å². The van der Waals surface area contributed by atoms with Gasteiger partial charge in [-0.1, -0.05) is 11.6 Å². The lowest BCUT2D eigenvalue weighted by atomic mass is 9.97. The first kappa shape index (κ1) is 17.6. The van der Waals surface area contributed by atoms with Gasteiger partial charge < -0.3 is 10.6 Å². The van der Waals surface area contributed by atoms with Crippen molar-refractivity contribution in [1.82, 2.24) is 5.32 Å². The van der Waals surface area contributed by atoms with Gasteiger partial charge in [-0.05, 0) is 56.4 Å². The molecule has 0 fully saturated rings. The second-order valence-corrected chi connectivity index (χ2v) is 6.75. The molecule has 2 amide bonds. The van der Waals surface area contributed by atoms with Crippen molar-refractivity contribution in [2.75, 3.05) is 17.6 Å². The van der Waals surface area contributed by atoms with Crippen molar-refractivity contribution in [3.05, 3.63) is 35.9 Å². The Balaban J connectivity index is 1.65. The van der Waals surface area contributed by atoms with Crippen molar-refractivity contribution in [3.8, 4) is 0 Å². The Labute approximate surface area is 142 Å². The number of hydrogen-bond donors (Lipinski definition) is 2. The summed E-state index contributed by atoms with van der Waals surface area (Å²) in [7, 11) is 0. The molecule has 1 aromatic carbocycles. The molecule has 0 radical (unpaired) electrons. The number of carbonyl (C=O) groups excluding carboxylic acids is 2. The number of allylic oxidation sites excluding steroid dienone is 1. The molecule has 1 aliphatic carbocycles. The second kappa shape index (κ2) is 9.40. The maximum atomic E-state index is 11.9. The van der Waals surface area contributed by atoms with Gasteiger partial charge in [0.1, 0.15) is 0 Å². The fourth-order valence-electron chi connectivity index (χ4n) is 2.53. The molecule has 23 heavy (non-hydrogen) atoms. The van der Waals surface area contributed by atoms with E-state index in [1.807, 2.05) is 24.3 Å². The van der Waals surface area contributed by atoms with Crippen LogP contribution in [0.1, 0.15) is 39.0 Å². The lowest BCUT2D eigenvalue weighted by Crippen LogP contribution is -2.26. The summed E-state index contributed by atoms with van der Waals surface area (Å²) in [5.74, 6) is 0.397. The lowest BCUT2D eigenvalue weighted by Gasteiger charge is -2.12. The van der Waals surface area contributed by atoms with Crippen molar-refractivity contribution in [1.29, 1.82) is 0 Å². The zero-order chi connectivity index (χ0) is 16.5. The minimum Gasteiger partial charge on any atom is -0.355 e. The number of carbonyl (C=O) groups is 2. The molecule has 0 spiro atoms. The van der Waals surface area contributed by atoms with Crippen LogP contribution in [0.15, 0.2) is 40.8 Å². The van der Waals surface area contributed by atoms with Crippen LogP contribution in [0, 0.1) is 0 Å². The average molecular weight is 332 g/mol. The van der Waals surface area contributed by atoms with Crippen LogP contribution in [0.2, 0.25) is 0 Å². The van der Waals surface area contributed by atoms with Gasteiger partial charge in [0, 0.05) is 24.1 Å². The van der Waals surface area contributed by atoms with E-state index < -0.39 is 0 Å². The van der Waals surface area contributed by atoms with Crippen LogP contribution in [-0.4, -0.2) is 24.1 Å². The Morgan fingerprint density at radius 3 is 2.61 bits per heavy atom. The van der Waals surface area contributed by atoms with E-state index >= 15 is 0 Å². The fraction of sp³-hybridized carbons (Fsp3) is 0.444. The summed E-state index contributed by atoms with van der Waals surface area (Å²) in [6.07, 6.45) is 8.25. The van der Waals surface area contributed by atoms with Crippen molar-refractivity contribution in [3.63, 3.8) is 0 Å². The van der Waals surface area contributed by atoms with Gasteiger partial charge in [0.15, 0.2) is 0 Å². The van der Waals surface area contributed by atoms with E-state index in [9.17, 15) is 9.59 Å². The number of rotatable bonds is 7. The van der Waals surface area contributed by atoms with Crippen molar-refractivity contribution >= 4 is 29.3 Å². The van der Waals surface area contributed by atoms with E-state index in [2.05, 4.69) is 16.7 Å². The molecule has 0 aromatic heterocycles. The first-order valence-corrected chi connectivity index (χ1v) is 9.07. The molecule has 4 nitrogen and oxygen atoms in total. The maximum absolute atomic E-state index is 11.9. The fourth-order valence-corrected chi connectivity index (χ4v) is 3.26. The normalized spacial score (nSPS) is 14.0. The van der Waals surface area contributed by atoms with Crippen LogP contribution < -0.4 is 10.6 Å². The Bertz CT molecular complexity index is 567. The van der Waals surface area contributed by atoms with Crippen molar-refractivity contribution < 1.29 is 9.59 Å². The predicted molar refractivity (Wildman–Crippen MR) is 95.6 cm³/mol. The molecule has 0 atom stereocenters. The first-order chi connectivity index (χ1) is 11.1. The zero-order valence-corrected chi connectivity index (χ0v) is 14.4. The van der Waals surface area contributed by atoms with E-state index in [1.165, 1.54) is 49.9 Å². The largest absolute Gasteiger partial charge is 0.355 e. The van der Waals surface area contributed by atoms with Gasteiger partial charge in [0.25, 0.3) is 0 Å². The third-order valence-electron chi connectivity index (χ3n) is 3.70. The third kappa shape index (κ3) is 6.91. The minimum atomic E-state index is -0.0853. The molecule has 0 bridgehead atoms. The van der Waals surface area contributed by atoms with Crippen molar-refractivity contribution in [2.45, 2.75) is 43.9 Å². The standard InChI is InChI=1S/C18H24N2O2S/c1-14(21)20-16-7-9-17(10-8-16)23-13-18(22)19-12-11-15-5-3-2-4-6-15/h5,7-10H,2-4,6,11-13H2,1H3,(H,19,22)(H,20,21). The molecular formula is C18H24N2O2S. The summed E-state index contributed by atoms with van der Waals surface area (Å²) >= 11 is 1.50. The van der Waals surface area contributed by atoms with Gasteiger partial charge >= 0.3 is 0 Å². The van der Waals surface area contributed by atoms with Gasteiger partial charge in [-0.15, -0.1) is 11.8 Å². The summed E-state index contributed by atoms with van der Waals surface area (Å²) < 4.78 is 0. The highest BCUT2D eigenvalue weighted by atomic mass is 32.2. The van der Waals surface area contributed by atoms with Crippen molar-refractivity contribution in [2.24, 2.45) is 0 Å². The quantitative estimate of drug-likeness (QED) is 0.591. The topological polar surface area (TPSA) is 58.2 Å². The number of hydrogen-bond acceptors (Lipinski definition) is 3. The van der Waals surface area contributed by atoms with Gasteiger partial charge in [-0.2, -0.15) is 0 Å². The van der Waals surface area contributed by atoms with Gasteiger partial charge in [0.2, 0.25) is 11.8 Å². The van der Waals surface area contributed by atoms with E-state index in [0.29, 0.717) is 5.75 Å². The summed E-state index contributed by atoms with van der Waals surface area (Å²) in [5, 5.41) is 5.70. The van der Waals surface area contributed by atoms with E-state index in [-0.39, 0.29) is 11.8 Å². The molecule has 0 saturated heterocycles. The molecule has 1 aliphatic rings. The Kier molecular flexibility index (Phi) is 7.20. The van der Waals surface area contributed by atoms with Crippen LogP contribution in [0.3, 0.4) is 0 Å². The smallest absolute Gasteiger partial charge is 0.230 e. The van der Waals surface area contributed by atoms with Gasteiger partial charge in [0.05, 0.1) is 5.75 Å². The Morgan fingerprint density at radius 2 is 1.96 bits per heavy atom. The highest BCUT2D eigenvalue weighted by Gasteiger charge is 2.06. The number of amides is 2. The minimum absolute atomic E-state index is 0.0670. The molecule has 0 heterocycles. The number of thioether (sulfide) groups is 1. The summed E-state index contributed by atoms with van der Waals surface area (Å²) in [6.45, 7) is 2.21. The monoisotopic (exact) mass is 332 g/mol. The van der Waals surface area contributed by atoms with Crippen LogP contribution in [0.25, 0.3) is 0 Å². The highest BCUT2D eigenvalue weighted by molar-refractivity contribution is 8.00. The number of anilines is 1. The van der Waals surface area contributed by atoms with Crippen LogP contribution in [-0.2, 0) is 9.59 Å². The molecule has 124 valence electrons. The van der Waals surface area contributed by atoms with E-state index in [1.54, 1.807) is 0 Å². The van der Waals surface area contributed by atoms with Gasteiger partial charge in [-0.3, -0.25) is 9.59 Å². The Morgan fingerprint density at radius 1 is 1.17 bits per heavy atom. The SMILES string of the molecule is CC(=O)Nc1ccc(SCC(=O)NCCC2=CCCCC2)cc1. The second-order valence-electron chi connectivity index (χ2n) is 5.70. The molecule has 1 aromatic rings. The van der Waals surface area contributed by atoms with Crippen LogP contribution in [0.4, 0.5) is 5.69 Å². The van der Waals surface area contributed by atoms with Gasteiger partial charge in [-0.25, -0.2) is 0 Å². The summed E-state index contributed by atoms with van der Waals surface area (Å²) in [5.41, 5.74) is 2.25. The molecule has 0 saturated carbocycles. The van der Waals surface area contributed by atoms with Crippen LogP contribution >= 0.6 is 11.8 Å². The molecular weight excluding hydrogens is 308 g/mol. The molecule has 2 rings (SSSR count). The average Bonchev–Trinajstić information content (AvgIpc) is 2.55. The van der Waals surface area contributed by atoms with E-state index in [0.717, 1.165) is 23.5 Å². The Hall–Kier alpha value is -1.75. The first-order valence-electron chi connectivity index (χ1n) is 8.08. The summed E-state index contributed by atoms with van der Waals surface area (Å²) in [6, 6.07) is 7.51. The number of nitrogens with one attached hydrogen (secondary N) is 2. The maximum Gasteiger partial charge on any atom is 0.230 e. The molecule has 0 aliphatic heterocycles. The number of benzene rings is 1. The molecule has 5 heteroatoms. The molecule has 0 unspecified atom stereocenters. The lowest BCUT2D eigenvalue weighted by molar-refractivity contribution is -0.118. The molecule has 2 N–H and O–H groups in total. The zero-order valence-electron chi connectivity index (χ0n) is 13.6. The van der Waals surface area contributed by atoms with E-state index in [4.69, 9.17) is 0 Å². The predicted octanol–water partition coefficient (Wildman–Crippen LogP) is 3.74.